The van der Waals surface area contributed by atoms with Crippen LogP contribution in [-0.2, 0) is 35.4 Å². The first-order chi connectivity index (χ1) is 16.0. The molecule has 1 heterocycles. The molecule has 5 nitrogen and oxygen atoms in total. The number of hydrogen-bond acceptors (Lipinski definition) is 2. The van der Waals surface area contributed by atoms with Crippen molar-refractivity contribution in [3.05, 3.63) is 83.3 Å². The van der Waals surface area contributed by atoms with Gasteiger partial charge in [-0.25, -0.2) is 4.39 Å². The van der Waals surface area contributed by atoms with Gasteiger partial charge in [0.05, 0.1) is 0 Å². The molecule has 0 bridgehead atoms. The van der Waals surface area contributed by atoms with E-state index in [0.717, 1.165) is 34.1 Å². The fraction of sp³-hybridized carbons (Fsp3) is 0.259. The van der Waals surface area contributed by atoms with Gasteiger partial charge in [-0.15, -0.1) is 0 Å². The molecule has 168 valence electrons. The van der Waals surface area contributed by atoms with Crippen molar-refractivity contribution in [3.63, 3.8) is 0 Å². The summed E-state index contributed by atoms with van der Waals surface area (Å²) in [6.45, 7) is -0.153. The SMILES string of the molecule is O=C(O)Cn1c2c(c3cc(F)ccc31)CC(NC(=O)CCc1ccc3ccccc3c1)CC2. The van der Waals surface area contributed by atoms with Gasteiger partial charge < -0.3 is 15.0 Å². The van der Waals surface area contributed by atoms with Crippen molar-refractivity contribution in [1.29, 1.82) is 0 Å². The number of carboxylic acids is 1. The van der Waals surface area contributed by atoms with Crippen LogP contribution in [0.5, 0.6) is 0 Å². The summed E-state index contributed by atoms with van der Waals surface area (Å²) in [5, 5.41) is 15.6. The van der Waals surface area contributed by atoms with Crippen molar-refractivity contribution in [2.24, 2.45) is 0 Å². The van der Waals surface area contributed by atoms with Crippen LogP contribution in [0.3, 0.4) is 0 Å². The molecule has 0 fully saturated rings. The average Bonchev–Trinajstić information content (AvgIpc) is 3.09. The second-order valence-corrected chi connectivity index (χ2v) is 8.76. The number of hydrogen-bond donors (Lipinski definition) is 2. The summed E-state index contributed by atoms with van der Waals surface area (Å²) >= 11 is 0. The molecule has 3 aromatic carbocycles. The molecule has 0 spiro atoms. The molecule has 1 atom stereocenters. The molecule has 1 amide bonds. The zero-order chi connectivity index (χ0) is 22.9. The number of aromatic nitrogens is 1. The molecule has 2 N–H and O–H groups in total. The van der Waals surface area contributed by atoms with Crippen LogP contribution in [0.15, 0.2) is 60.7 Å². The van der Waals surface area contributed by atoms with Crippen LogP contribution in [0.2, 0.25) is 0 Å². The van der Waals surface area contributed by atoms with Crippen LogP contribution >= 0.6 is 0 Å². The predicted octanol–water partition coefficient (Wildman–Crippen LogP) is 4.62. The monoisotopic (exact) mass is 444 g/mol. The maximum Gasteiger partial charge on any atom is 0.323 e. The fourth-order valence-electron chi connectivity index (χ4n) is 5.01. The Morgan fingerprint density at radius 1 is 1.06 bits per heavy atom. The lowest BCUT2D eigenvalue weighted by Crippen LogP contribution is -2.39. The van der Waals surface area contributed by atoms with E-state index in [1.54, 1.807) is 10.6 Å². The highest BCUT2D eigenvalue weighted by Crippen LogP contribution is 2.33. The van der Waals surface area contributed by atoms with E-state index in [1.165, 1.54) is 22.9 Å². The quantitative estimate of drug-likeness (QED) is 0.456. The molecule has 1 aliphatic rings. The lowest BCUT2D eigenvalue weighted by Gasteiger charge is -2.25. The predicted molar refractivity (Wildman–Crippen MR) is 126 cm³/mol. The highest BCUT2D eigenvalue weighted by molar-refractivity contribution is 5.88. The Labute approximate surface area is 190 Å². The summed E-state index contributed by atoms with van der Waals surface area (Å²) in [5.74, 6) is -1.28. The molecular weight excluding hydrogens is 419 g/mol. The lowest BCUT2D eigenvalue weighted by molar-refractivity contribution is -0.137. The van der Waals surface area contributed by atoms with Gasteiger partial charge in [-0.2, -0.15) is 0 Å². The minimum Gasteiger partial charge on any atom is -0.480 e. The third kappa shape index (κ3) is 4.33. The lowest BCUT2D eigenvalue weighted by atomic mass is 9.91. The normalized spacial score (nSPS) is 15.5. The highest BCUT2D eigenvalue weighted by Gasteiger charge is 2.27. The molecular formula is C27H25FN2O3. The van der Waals surface area contributed by atoms with Crippen molar-refractivity contribution in [2.45, 2.75) is 44.7 Å². The topological polar surface area (TPSA) is 71.3 Å². The van der Waals surface area contributed by atoms with Crippen LogP contribution in [0.25, 0.3) is 21.7 Å². The molecule has 1 aliphatic carbocycles. The third-order valence-electron chi connectivity index (χ3n) is 6.54. The van der Waals surface area contributed by atoms with Gasteiger partial charge in [0.1, 0.15) is 12.4 Å². The summed E-state index contributed by atoms with van der Waals surface area (Å²) in [4.78, 5) is 24.1. The van der Waals surface area contributed by atoms with E-state index in [9.17, 15) is 19.1 Å². The molecule has 5 rings (SSSR count). The van der Waals surface area contributed by atoms with E-state index in [-0.39, 0.29) is 24.3 Å². The summed E-state index contributed by atoms with van der Waals surface area (Å²) in [5.41, 5.74) is 3.73. The Kier molecular flexibility index (Phi) is 5.58. The summed E-state index contributed by atoms with van der Waals surface area (Å²) in [6.07, 6.45) is 3.01. The zero-order valence-electron chi connectivity index (χ0n) is 18.2. The number of amides is 1. The van der Waals surface area contributed by atoms with Crippen LogP contribution in [0.4, 0.5) is 4.39 Å². The van der Waals surface area contributed by atoms with Crippen molar-refractivity contribution >= 4 is 33.6 Å². The van der Waals surface area contributed by atoms with Gasteiger partial charge in [0, 0.05) is 29.1 Å². The van der Waals surface area contributed by atoms with Crippen LogP contribution in [0, 0.1) is 5.82 Å². The molecule has 1 aromatic heterocycles. The number of aryl methyl sites for hydroxylation is 1. The second kappa shape index (κ2) is 8.70. The molecule has 0 aliphatic heterocycles. The van der Waals surface area contributed by atoms with Gasteiger partial charge in [0.15, 0.2) is 0 Å². The molecule has 4 aromatic rings. The molecule has 33 heavy (non-hydrogen) atoms. The number of nitrogens with zero attached hydrogens (tertiary/aromatic N) is 1. The van der Waals surface area contributed by atoms with Gasteiger partial charge in [-0.1, -0.05) is 42.5 Å². The second-order valence-electron chi connectivity index (χ2n) is 8.76. The van der Waals surface area contributed by atoms with Gasteiger partial charge in [0.2, 0.25) is 5.91 Å². The third-order valence-corrected chi connectivity index (χ3v) is 6.54. The Bertz CT molecular complexity index is 1370. The standard InChI is InChI=1S/C27H25FN2O3/c28-20-8-10-24-22(14-20)23-15-21(9-11-25(23)30(24)16-27(32)33)29-26(31)12-6-17-5-7-18-3-1-2-4-19(18)13-17/h1-5,7-8,10,13-14,21H,6,9,11-12,15-16H2,(H,29,31)(H,32,33). The maximum absolute atomic E-state index is 13.9. The van der Waals surface area contributed by atoms with E-state index in [2.05, 4.69) is 35.6 Å². The minimum absolute atomic E-state index is 0.00272. The summed E-state index contributed by atoms with van der Waals surface area (Å²) in [7, 11) is 0. The van der Waals surface area contributed by atoms with E-state index in [4.69, 9.17) is 0 Å². The van der Waals surface area contributed by atoms with Crippen LogP contribution in [0.1, 0.15) is 29.7 Å². The smallest absolute Gasteiger partial charge is 0.323 e. The molecule has 0 radical (unpaired) electrons. The number of carbonyl (C=O) groups excluding carboxylic acids is 1. The van der Waals surface area contributed by atoms with Crippen LogP contribution < -0.4 is 5.32 Å². The number of rotatable bonds is 6. The maximum atomic E-state index is 13.9. The van der Waals surface area contributed by atoms with E-state index < -0.39 is 5.97 Å². The molecule has 0 saturated heterocycles. The number of halogens is 1. The minimum atomic E-state index is -0.928. The average molecular weight is 445 g/mol. The van der Waals surface area contributed by atoms with E-state index in [1.807, 2.05) is 12.1 Å². The summed E-state index contributed by atoms with van der Waals surface area (Å²) in [6, 6.07) is 18.9. The Morgan fingerprint density at radius 2 is 1.88 bits per heavy atom. The molecule has 1 unspecified atom stereocenters. The zero-order valence-corrected chi connectivity index (χ0v) is 18.2. The first-order valence-electron chi connectivity index (χ1n) is 11.3. The number of nitrogens with one attached hydrogen (secondary N) is 1. The van der Waals surface area contributed by atoms with Crippen LogP contribution in [-0.4, -0.2) is 27.6 Å². The number of aliphatic carboxylic acids is 1. The number of benzene rings is 3. The Balaban J connectivity index is 1.28. The fourth-order valence-corrected chi connectivity index (χ4v) is 5.01. The molecule has 6 heteroatoms. The van der Waals surface area contributed by atoms with Crippen molar-refractivity contribution in [3.8, 4) is 0 Å². The highest BCUT2D eigenvalue weighted by atomic mass is 19.1. The van der Waals surface area contributed by atoms with E-state index >= 15 is 0 Å². The Hall–Kier alpha value is -3.67. The van der Waals surface area contributed by atoms with Crippen molar-refractivity contribution in [2.75, 3.05) is 0 Å². The van der Waals surface area contributed by atoms with Crippen molar-refractivity contribution in [1.82, 2.24) is 9.88 Å². The number of fused-ring (bicyclic) bond motifs is 4. The van der Waals surface area contributed by atoms with E-state index in [0.29, 0.717) is 25.7 Å². The van der Waals surface area contributed by atoms with Gasteiger partial charge in [-0.05, 0) is 65.8 Å². The number of carbonyl (C=O) groups is 2. The first-order valence-corrected chi connectivity index (χ1v) is 11.3. The first kappa shape index (κ1) is 21.2. The van der Waals surface area contributed by atoms with Gasteiger partial charge in [0.25, 0.3) is 0 Å². The number of carboxylic acid groups (broad SMARTS) is 1. The largest absolute Gasteiger partial charge is 0.480 e. The summed E-state index contributed by atoms with van der Waals surface area (Å²) < 4.78 is 15.7. The van der Waals surface area contributed by atoms with Gasteiger partial charge >= 0.3 is 5.97 Å². The Morgan fingerprint density at radius 3 is 2.70 bits per heavy atom. The molecule has 0 saturated carbocycles. The van der Waals surface area contributed by atoms with Crippen molar-refractivity contribution < 1.29 is 19.1 Å². The van der Waals surface area contributed by atoms with Gasteiger partial charge in [-0.3, -0.25) is 9.59 Å².